The molecule has 1 atom stereocenters. The summed E-state index contributed by atoms with van der Waals surface area (Å²) < 4.78 is 0. The highest BCUT2D eigenvalue weighted by Gasteiger charge is 2.12. The van der Waals surface area contributed by atoms with E-state index in [0.29, 0.717) is 0 Å². The lowest BCUT2D eigenvalue weighted by Crippen LogP contribution is -2.42. The van der Waals surface area contributed by atoms with Gasteiger partial charge in [0.25, 0.3) is 0 Å². The third kappa shape index (κ3) is 5.42. The van der Waals surface area contributed by atoms with Crippen LogP contribution in [0.5, 0.6) is 0 Å². The van der Waals surface area contributed by atoms with Gasteiger partial charge in [-0.3, -0.25) is 4.79 Å². The summed E-state index contributed by atoms with van der Waals surface area (Å²) >= 11 is 0. The zero-order valence-electron chi connectivity index (χ0n) is 8.60. The number of carbonyl (C=O) groups excluding carboxylic acids is 1. The number of carbonyl (C=O) groups is 1. The van der Waals surface area contributed by atoms with Crippen LogP contribution in [0.2, 0.25) is 0 Å². The summed E-state index contributed by atoms with van der Waals surface area (Å²) in [7, 11) is 1.66. The summed E-state index contributed by atoms with van der Waals surface area (Å²) in [5.74, 6) is 0.0705. The second kappa shape index (κ2) is 7.80. The maximum Gasteiger partial charge on any atom is 0.236 e. The summed E-state index contributed by atoms with van der Waals surface area (Å²) in [5.41, 5.74) is 0. The van der Waals surface area contributed by atoms with E-state index in [1.165, 1.54) is 0 Å². The standard InChI is InChI=1S/C10H20N2O/c1-4-6-7-8-12-9(5-2)10(13)11-3/h4,9,12H,1,5-8H2,2-3H3,(H,11,13). The SMILES string of the molecule is C=CCCCNC(CC)C(=O)NC. The van der Waals surface area contributed by atoms with Gasteiger partial charge in [-0.05, 0) is 25.8 Å². The lowest BCUT2D eigenvalue weighted by atomic mass is 10.2. The van der Waals surface area contributed by atoms with Crippen LogP contribution in [0, 0.1) is 0 Å². The molecule has 0 saturated heterocycles. The number of nitrogens with one attached hydrogen (secondary N) is 2. The molecule has 1 amide bonds. The Morgan fingerprint density at radius 1 is 1.62 bits per heavy atom. The van der Waals surface area contributed by atoms with Crippen LogP contribution in [-0.4, -0.2) is 25.5 Å². The first-order valence-corrected chi connectivity index (χ1v) is 4.82. The Bertz CT molecular complexity index is 157. The van der Waals surface area contributed by atoms with Crippen molar-refractivity contribution in [3.63, 3.8) is 0 Å². The molecule has 0 heterocycles. The quantitative estimate of drug-likeness (QED) is 0.459. The van der Waals surface area contributed by atoms with Gasteiger partial charge >= 0.3 is 0 Å². The van der Waals surface area contributed by atoms with Crippen LogP contribution in [-0.2, 0) is 4.79 Å². The number of allylic oxidation sites excluding steroid dienone is 1. The van der Waals surface area contributed by atoms with E-state index in [2.05, 4.69) is 17.2 Å². The van der Waals surface area contributed by atoms with Crippen LogP contribution in [0.4, 0.5) is 0 Å². The first-order valence-electron chi connectivity index (χ1n) is 4.82. The van der Waals surface area contributed by atoms with Gasteiger partial charge in [-0.25, -0.2) is 0 Å². The van der Waals surface area contributed by atoms with Crippen LogP contribution in [0.1, 0.15) is 26.2 Å². The van der Waals surface area contributed by atoms with Crippen molar-refractivity contribution in [3.8, 4) is 0 Å². The molecular formula is C10H20N2O. The van der Waals surface area contributed by atoms with Crippen LogP contribution < -0.4 is 10.6 Å². The molecule has 0 rings (SSSR count). The molecule has 1 unspecified atom stereocenters. The average Bonchev–Trinajstić information content (AvgIpc) is 2.17. The summed E-state index contributed by atoms with van der Waals surface area (Å²) in [5, 5.41) is 5.83. The molecule has 0 saturated carbocycles. The van der Waals surface area contributed by atoms with E-state index < -0.39 is 0 Å². The number of unbranched alkanes of at least 4 members (excludes halogenated alkanes) is 1. The molecule has 0 bridgehead atoms. The minimum Gasteiger partial charge on any atom is -0.358 e. The number of hydrogen-bond acceptors (Lipinski definition) is 2. The van der Waals surface area contributed by atoms with Crippen molar-refractivity contribution in [2.75, 3.05) is 13.6 Å². The molecule has 3 heteroatoms. The summed E-state index contributed by atoms with van der Waals surface area (Å²) in [4.78, 5) is 11.2. The molecular weight excluding hydrogens is 164 g/mol. The van der Waals surface area contributed by atoms with Crippen LogP contribution in [0.15, 0.2) is 12.7 Å². The van der Waals surface area contributed by atoms with E-state index in [1.807, 2.05) is 13.0 Å². The Morgan fingerprint density at radius 3 is 2.77 bits per heavy atom. The zero-order valence-corrected chi connectivity index (χ0v) is 8.60. The largest absolute Gasteiger partial charge is 0.358 e. The van der Waals surface area contributed by atoms with E-state index in [1.54, 1.807) is 7.05 Å². The van der Waals surface area contributed by atoms with Crippen molar-refractivity contribution >= 4 is 5.91 Å². The predicted octanol–water partition coefficient (Wildman–Crippen LogP) is 1.07. The highest BCUT2D eigenvalue weighted by atomic mass is 16.2. The van der Waals surface area contributed by atoms with Gasteiger partial charge in [0.1, 0.15) is 0 Å². The Labute approximate surface area is 80.6 Å². The third-order valence-corrected chi connectivity index (χ3v) is 1.95. The van der Waals surface area contributed by atoms with Crippen LogP contribution in [0.25, 0.3) is 0 Å². The molecule has 13 heavy (non-hydrogen) atoms. The molecule has 0 spiro atoms. The first kappa shape index (κ1) is 12.2. The van der Waals surface area contributed by atoms with Gasteiger partial charge in [0.2, 0.25) is 5.91 Å². The summed E-state index contributed by atoms with van der Waals surface area (Å²) in [6.45, 7) is 6.52. The van der Waals surface area contributed by atoms with Crippen molar-refractivity contribution in [3.05, 3.63) is 12.7 Å². The molecule has 0 radical (unpaired) electrons. The molecule has 0 aliphatic rings. The second-order valence-corrected chi connectivity index (χ2v) is 2.96. The van der Waals surface area contributed by atoms with Crippen molar-refractivity contribution < 1.29 is 4.79 Å². The molecule has 0 aromatic rings. The van der Waals surface area contributed by atoms with Crippen molar-refractivity contribution in [2.24, 2.45) is 0 Å². The number of likely N-dealkylation sites (N-methyl/N-ethyl adjacent to an activating group) is 1. The Balaban J connectivity index is 3.59. The van der Waals surface area contributed by atoms with Gasteiger partial charge in [-0.2, -0.15) is 0 Å². The lowest BCUT2D eigenvalue weighted by Gasteiger charge is -2.14. The van der Waals surface area contributed by atoms with E-state index in [9.17, 15) is 4.79 Å². The van der Waals surface area contributed by atoms with Crippen LogP contribution >= 0.6 is 0 Å². The van der Waals surface area contributed by atoms with Gasteiger partial charge in [-0.1, -0.05) is 13.0 Å². The Kier molecular flexibility index (Phi) is 7.30. The molecule has 0 fully saturated rings. The van der Waals surface area contributed by atoms with Crippen molar-refractivity contribution in [2.45, 2.75) is 32.2 Å². The molecule has 3 nitrogen and oxygen atoms in total. The first-order chi connectivity index (χ1) is 6.26. The van der Waals surface area contributed by atoms with Gasteiger partial charge in [0.05, 0.1) is 6.04 Å². The third-order valence-electron chi connectivity index (χ3n) is 1.95. The Morgan fingerprint density at radius 2 is 2.31 bits per heavy atom. The highest BCUT2D eigenvalue weighted by molar-refractivity contribution is 5.81. The maximum atomic E-state index is 11.2. The summed E-state index contributed by atoms with van der Waals surface area (Å²) in [6, 6.07) is -0.0465. The second-order valence-electron chi connectivity index (χ2n) is 2.96. The highest BCUT2D eigenvalue weighted by Crippen LogP contribution is 1.93. The topological polar surface area (TPSA) is 41.1 Å². The van der Waals surface area contributed by atoms with Gasteiger partial charge in [-0.15, -0.1) is 6.58 Å². The maximum absolute atomic E-state index is 11.2. The van der Waals surface area contributed by atoms with E-state index >= 15 is 0 Å². The molecule has 0 aliphatic carbocycles. The molecule has 0 aromatic carbocycles. The monoisotopic (exact) mass is 184 g/mol. The summed E-state index contributed by atoms with van der Waals surface area (Å²) in [6.07, 6.45) is 4.75. The molecule has 76 valence electrons. The van der Waals surface area contributed by atoms with E-state index in [-0.39, 0.29) is 11.9 Å². The Hall–Kier alpha value is -0.830. The number of amides is 1. The molecule has 0 aromatic heterocycles. The molecule has 0 aliphatic heterocycles. The number of hydrogen-bond donors (Lipinski definition) is 2. The minimum absolute atomic E-state index is 0.0465. The zero-order chi connectivity index (χ0) is 10.1. The minimum atomic E-state index is -0.0465. The van der Waals surface area contributed by atoms with Gasteiger partial charge in [0, 0.05) is 7.05 Å². The fourth-order valence-corrected chi connectivity index (χ4v) is 1.12. The normalized spacial score (nSPS) is 12.2. The fourth-order valence-electron chi connectivity index (χ4n) is 1.12. The van der Waals surface area contributed by atoms with Crippen LogP contribution in [0.3, 0.4) is 0 Å². The van der Waals surface area contributed by atoms with Gasteiger partial charge < -0.3 is 10.6 Å². The van der Waals surface area contributed by atoms with E-state index in [4.69, 9.17) is 0 Å². The van der Waals surface area contributed by atoms with E-state index in [0.717, 1.165) is 25.8 Å². The molecule has 2 N–H and O–H groups in total. The predicted molar refractivity (Wildman–Crippen MR) is 55.6 cm³/mol. The van der Waals surface area contributed by atoms with Crippen molar-refractivity contribution in [1.82, 2.24) is 10.6 Å². The smallest absolute Gasteiger partial charge is 0.236 e. The lowest BCUT2D eigenvalue weighted by molar-refractivity contribution is -0.122. The average molecular weight is 184 g/mol. The van der Waals surface area contributed by atoms with Gasteiger partial charge in [0.15, 0.2) is 0 Å². The van der Waals surface area contributed by atoms with Crippen molar-refractivity contribution in [1.29, 1.82) is 0 Å². The fraction of sp³-hybridized carbons (Fsp3) is 0.700. The number of rotatable bonds is 7.